The van der Waals surface area contributed by atoms with E-state index >= 15 is 0 Å². The summed E-state index contributed by atoms with van der Waals surface area (Å²) in [4.78, 5) is 19.9. The lowest BCUT2D eigenvalue weighted by atomic mass is 10.2. The number of carbonyl (C=O) groups is 1. The Balaban J connectivity index is 1.89. The van der Waals surface area contributed by atoms with Gasteiger partial charge in [-0.1, -0.05) is 12.0 Å². The molecule has 0 bridgehead atoms. The minimum Gasteiger partial charge on any atom is -0.490 e. The molecule has 0 saturated carbocycles. The van der Waals surface area contributed by atoms with Crippen LogP contribution in [0, 0.1) is 12.3 Å². The standard InChI is InChI=1S/C23H24N4O5/c1-3-16-6-4-7-17(12-16)26-23-18-13-20(31-9-5-8-22(28)27-29)21(32-11-10-30-2)14-19(18)24-15-25-23/h1,4,6-7,12-15,29H,5,8-11H2,2H3,(H,27,28)(H,24,25,26). The molecule has 9 heteroatoms. The lowest BCUT2D eigenvalue weighted by Gasteiger charge is -2.15. The van der Waals surface area contributed by atoms with Crippen LogP contribution in [0.3, 0.4) is 0 Å². The minimum absolute atomic E-state index is 0.130. The van der Waals surface area contributed by atoms with Gasteiger partial charge in [-0.15, -0.1) is 6.42 Å². The van der Waals surface area contributed by atoms with Crippen LogP contribution in [0.25, 0.3) is 10.9 Å². The van der Waals surface area contributed by atoms with E-state index in [-0.39, 0.29) is 13.0 Å². The van der Waals surface area contributed by atoms with Crippen molar-refractivity contribution in [1.82, 2.24) is 15.4 Å². The van der Waals surface area contributed by atoms with E-state index in [0.717, 1.165) is 16.6 Å². The van der Waals surface area contributed by atoms with Crippen molar-refractivity contribution in [2.45, 2.75) is 12.8 Å². The summed E-state index contributed by atoms with van der Waals surface area (Å²) in [5.41, 5.74) is 3.80. The summed E-state index contributed by atoms with van der Waals surface area (Å²) in [5, 5.41) is 12.6. The number of nitrogens with zero attached hydrogens (tertiary/aromatic N) is 2. The molecule has 0 aliphatic rings. The molecule has 2 aromatic carbocycles. The Morgan fingerprint density at radius 3 is 2.72 bits per heavy atom. The molecule has 0 fully saturated rings. The lowest BCUT2D eigenvalue weighted by molar-refractivity contribution is -0.129. The van der Waals surface area contributed by atoms with Crippen LogP contribution >= 0.6 is 0 Å². The van der Waals surface area contributed by atoms with E-state index in [1.807, 2.05) is 24.3 Å². The van der Waals surface area contributed by atoms with Crippen LogP contribution in [0.15, 0.2) is 42.7 Å². The fourth-order valence-electron chi connectivity index (χ4n) is 2.92. The number of amides is 1. The van der Waals surface area contributed by atoms with Crippen LogP contribution in [-0.4, -0.2) is 48.0 Å². The maximum Gasteiger partial charge on any atom is 0.243 e. The van der Waals surface area contributed by atoms with Crippen LogP contribution in [0.1, 0.15) is 18.4 Å². The molecule has 166 valence electrons. The minimum atomic E-state index is -0.474. The fourth-order valence-corrected chi connectivity index (χ4v) is 2.92. The highest BCUT2D eigenvalue weighted by Crippen LogP contribution is 2.35. The van der Waals surface area contributed by atoms with Crippen molar-refractivity contribution >= 4 is 28.3 Å². The zero-order chi connectivity index (χ0) is 22.8. The molecule has 0 aliphatic heterocycles. The van der Waals surface area contributed by atoms with Gasteiger partial charge in [-0.3, -0.25) is 10.0 Å². The maximum absolute atomic E-state index is 11.2. The second-order valence-corrected chi connectivity index (χ2v) is 6.72. The number of carbonyl (C=O) groups excluding carboxylic acids is 1. The van der Waals surface area contributed by atoms with Crippen molar-refractivity contribution in [2.75, 3.05) is 32.2 Å². The van der Waals surface area contributed by atoms with Gasteiger partial charge in [0.25, 0.3) is 0 Å². The highest BCUT2D eigenvalue weighted by Gasteiger charge is 2.13. The van der Waals surface area contributed by atoms with Gasteiger partial charge in [-0.2, -0.15) is 0 Å². The Kier molecular flexibility index (Phi) is 8.20. The highest BCUT2D eigenvalue weighted by molar-refractivity contribution is 5.93. The monoisotopic (exact) mass is 436 g/mol. The molecule has 3 rings (SSSR count). The van der Waals surface area contributed by atoms with Gasteiger partial charge in [0.1, 0.15) is 18.8 Å². The van der Waals surface area contributed by atoms with Crippen LogP contribution in [0.4, 0.5) is 11.5 Å². The van der Waals surface area contributed by atoms with E-state index in [1.54, 1.807) is 24.7 Å². The molecule has 0 unspecified atom stereocenters. The molecule has 0 saturated heterocycles. The maximum atomic E-state index is 11.2. The van der Waals surface area contributed by atoms with Gasteiger partial charge in [0.05, 0.1) is 18.7 Å². The Hall–Kier alpha value is -3.87. The fraction of sp³-hybridized carbons (Fsp3) is 0.261. The number of fused-ring (bicyclic) bond motifs is 1. The first-order valence-electron chi connectivity index (χ1n) is 9.94. The number of hydrogen-bond acceptors (Lipinski definition) is 8. The van der Waals surface area contributed by atoms with E-state index in [9.17, 15) is 4.79 Å². The summed E-state index contributed by atoms with van der Waals surface area (Å²) >= 11 is 0. The number of anilines is 2. The Morgan fingerprint density at radius 1 is 1.12 bits per heavy atom. The average Bonchev–Trinajstić information content (AvgIpc) is 2.82. The molecular weight excluding hydrogens is 412 g/mol. The highest BCUT2D eigenvalue weighted by atomic mass is 16.5. The molecule has 9 nitrogen and oxygen atoms in total. The second kappa shape index (κ2) is 11.5. The van der Waals surface area contributed by atoms with Gasteiger partial charge < -0.3 is 19.5 Å². The normalized spacial score (nSPS) is 10.4. The van der Waals surface area contributed by atoms with Gasteiger partial charge in [-0.05, 0) is 30.7 Å². The molecular formula is C23H24N4O5. The summed E-state index contributed by atoms with van der Waals surface area (Å²) in [6.07, 6.45) is 7.50. The number of ether oxygens (including phenoxy) is 3. The van der Waals surface area contributed by atoms with Gasteiger partial charge in [0, 0.05) is 36.2 Å². The van der Waals surface area contributed by atoms with E-state index in [0.29, 0.717) is 42.5 Å². The van der Waals surface area contributed by atoms with Crippen LogP contribution in [0.2, 0.25) is 0 Å². The third-order valence-electron chi connectivity index (χ3n) is 4.47. The molecule has 1 amide bonds. The van der Waals surface area contributed by atoms with Crippen molar-refractivity contribution in [3.05, 3.63) is 48.3 Å². The Bertz CT molecular complexity index is 1110. The Labute approximate surface area is 185 Å². The number of hydrogen-bond donors (Lipinski definition) is 3. The van der Waals surface area contributed by atoms with E-state index in [2.05, 4.69) is 21.2 Å². The van der Waals surface area contributed by atoms with Crippen molar-refractivity contribution < 1.29 is 24.2 Å². The third-order valence-corrected chi connectivity index (χ3v) is 4.47. The summed E-state index contributed by atoms with van der Waals surface area (Å²) in [6.45, 7) is 0.997. The first-order valence-corrected chi connectivity index (χ1v) is 9.94. The zero-order valence-corrected chi connectivity index (χ0v) is 17.6. The van der Waals surface area contributed by atoms with Gasteiger partial charge in [0.15, 0.2) is 11.5 Å². The van der Waals surface area contributed by atoms with Crippen molar-refractivity contribution in [3.8, 4) is 23.8 Å². The number of benzene rings is 2. The number of hydroxylamine groups is 1. The number of methoxy groups -OCH3 is 1. The third kappa shape index (κ3) is 6.07. The van der Waals surface area contributed by atoms with E-state index in [1.165, 1.54) is 6.33 Å². The quantitative estimate of drug-likeness (QED) is 0.182. The summed E-state index contributed by atoms with van der Waals surface area (Å²) in [6, 6.07) is 11.0. The molecule has 0 aliphatic carbocycles. The first kappa shape index (κ1) is 22.8. The number of aromatic nitrogens is 2. The van der Waals surface area contributed by atoms with Crippen LogP contribution < -0.4 is 20.3 Å². The molecule has 0 spiro atoms. The van der Waals surface area contributed by atoms with Gasteiger partial charge in [-0.25, -0.2) is 15.4 Å². The summed E-state index contributed by atoms with van der Waals surface area (Å²) in [7, 11) is 1.59. The van der Waals surface area contributed by atoms with Crippen molar-refractivity contribution in [1.29, 1.82) is 0 Å². The molecule has 3 N–H and O–H groups in total. The second-order valence-electron chi connectivity index (χ2n) is 6.72. The Morgan fingerprint density at radius 2 is 1.94 bits per heavy atom. The molecule has 1 aromatic heterocycles. The van der Waals surface area contributed by atoms with Crippen LogP contribution in [-0.2, 0) is 9.53 Å². The summed E-state index contributed by atoms with van der Waals surface area (Å²) < 4.78 is 16.7. The van der Waals surface area contributed by atoms with E-state index < -0.39 is 5.91 Å². The zero-order valence-electron chi connectivity index (χ0n) is 17.6. The van der Waals surface area contributed by atoms with Crippen molar-refractivity contribution in [3.63, 3.8) is 0 Å². The number of nitrogens with one attached hydrogen (secondary N) is 2. The smallest absolute Gasteiger partial charge is 0.243 e. The molecule has 3 aromatic rings. The largest absolute Gasteiger partial charge is 0.490 e. The van der Waals surface area contributed by atoms with Crippen LogP contribution in [0.5, 0.6) is 11.5 Å². The average molecular weight is 436 g/mol. The summed E-state index contributed by atoms with van der Waals surface area (Å²) in [5.74, 6) is 3.69. The van der Waals surface area contributed by atoms with Crippen molar-refractivity contribution in [2.24, 2.45) is 0 Å². The SMILES string of the molecule is C#Cc1cccc(Nc2ncnc3cc(OCCOC)c(OCCCC(=O)NO)cc23)c1. The lowest BCUT2D eigenvalue weighted by Crippen LogP contribution is -2.18. The molecule has 1 heterocycles. The van der Waals surface area contributed by atoms with Gasteiger partial charge >= 0.3 is 0 Å². The predicted molar refractivity (Wildman–Crippen MR) is 119 cm³/mol. The van der Waals surface area contributed by atoms with Gasteiger partial charge in [0.2, 0.25) is 5.91 Å². The molecule has 0 atom stereocenters. The predicted octanol–water partition coefficient (Wildman–Crippen LogP) is 3.04. The topological polar surface area (TPSA) is 115 Å². The number of rotatable bonds is 11. The molecule has 32 heavy (non-hydrogen) atoms. The first-order chi connectivity index (χ1) is 15.6. The van der Waals surface area contributed by atoms with E-state index in [4.69, 9.17) is 25.8 Å². The molecule has 0 radical (unpaired) electrons. The number of terminal acetylenes is 1.